The molecular formula is C2H5N3S. The summed E-state index contributed by atoms with van der Waals surface area (Å²) in [6, 6.07) is 0. The van der Waals surface area contributed by atoms with Crippen LogP contribution in [0.3, 0.4) is 0 Å². The molecule has 0 radical (unpaired) electrons. The van der Waals surface area contributed by atoms with Crippen LogP contribution in [0.15, 0.2) is 9.63 Å². The molecule has 6 heavy (non-hydrogen) atoms. The molecule has 2 N–H and O–H groups in total. The van der Waals surface area contributed by atoms with E-state index < -0.39 is 0 Å². The fourth-order valence-corrected chi connectivity index (χ4v) is 0.711. The van der Waals surface area contributed by atoms with Crippen molar-refractivity contribution in [2.24, 2.45) is 15.4 Å². The lowest BCUT2D eigenvalue weighted by atomic mass is 10.6. The van der Waals surface area contributed by atoms with Crippen molar-refractivity contribution in [1.29, 1.82) is 0 Å². The van der Waals surface area contributed by atoms with Gasteiger partial charge in [0.15, 0.2) is 0 Å². The largest absolute Gasteiger partial charge is 0.307 e. The standard InChI is InChI=1S/C2H5N3S/c3-2-1-6-5-4-2/h2H,1,3H2. The maximum Gasteiger partial charge on any atom is 0.130 e. The highest BCUT2D eigenvalue weighted by atomic mass is 32.2. The first-order chi connectivity index (χ1) is 2.89. The van der Waals surface area contributed by atoms with Gasteiger partial charge in [0.25, 0.3) is 0 Å². The average molecular weight is 103 g/mol. The predicted molar refractivity (Wildman–Crippen MR) is 25.3 cm³/mol. The molecule has 0 aromatic rings. The molecular weight excluding hydrogens is 98.1 g/mol. The summed E-state index contributed by atoms with van der Waals surface area (Å²) in [4.78, 5) is 0. The van der Waals surface area contributed by atoms with Gasteiger partial charge in [0.1, 0.15) is 6.17 Å². The van der Waals surface area contributed by atoms with E-state index in [9.17, 15) is 0 Å². The second-order valence-electron chi connectivity index (χ2n) is 1.06. The Balaban J connectivity index is 2.38. The molecule has 1 aliphatic rings. The van der Waals surface area contributed by atoms with Crippen LogP contribution in [-0.4, -0.2) is 11.9 Å². The SMILES string of the molecule is NC1CSN=N1. The van der Waals surface area contributed by atoms with Crippen LogP contribution < -0.4 is 5.73 Å². The maximum atomic E-state index is 5.25. The summed E-state index contributed by atoms with van der Waals surface area (Å²) in [6.45, 7) is 0. The Kier molecular flexibility index (Phi) is 1.07. The van der Waals surface area contributed by atoms with E-state index >= 15 is 0 Å². The van der Waals surface area contributed by atoms with Gasteiger partial charge in [-0.3, -0.25) is 0 Å². The van der Waals surface area contributed by atoms with Gasteiger partial charge in [0.2, 0.25) is 0 Å². The van der Waals surface area contributed by atoms with E-state index in [2.05, 4.69) is 9.63 Å². The molecule has 1 unspecified atom stereocenters. The Morgan fingerprint density at radius 1 is 1.83 bits per heavy atom. The average Bonchev–Trinajstić information content (AvgIpc) is 1.86. The molecule has 1 heterocycles. The molecule has 0 aromatic heterocycles. The zero-order valence-electron chi connectivity index (χ0n) is 3.16. The van der Waals surface area contributed by atoms with E-state index in [1.54, 1.807) is 0 Å². The minimum atomic E-state index is -0.0324. The van der Waals surface area contributed by atoms with Crippen LogP contribution in [0.4, 0.5) is 0 Å². The van der Waals surface area contributed by atoms with Crippen molar-refractivity contribution in [3.05, 3.63) is 0 Å². The fourth-order valence-electron chi connectivity index (χ4n) is 0.237. The Morgan fingerprint density at radius 3 is 2.83 bits per heavy atom. The van der Waals surface area contributed by atoms with Gasteiger partial charge in [-0.1, -0.05) is 0 Å². The molecule has 0 aliphatic carbocycles. The Morgan fingerprint density at radius 2 is 2.67 bits per heavy atom. The first kappa shape index (κ1) is 4.08. The third-order valence-corrected chi connectivity index (χ3v) is 1.20. The molecule has 0 fully saturated rings. The zero-order valence-corrected chi connectivity index (χ0v) is 3.98. The van der Waals surface area contributed by atoms with E-state index in [1.807, 2.05) is 0 Å². The van der Waals surface area contributed by atoms with Crippen molar-refractivity contribution in [1.82, 2.24) is 0 Å². The van der Waals surface area contributed by atoms with Crippen LogP contribution in [0.2, 0.25) is 0 Å². The molecule has 34 valence electrons. The van der Waals surface area contributed by atoms with Crippen molar-refractivity contribution in [3.8, 4) is 0 Å². The number of hydrogen-bond acceptors (Lipinski definition) is 4. The summed E-state index contributed by atoms with van der Waals surface area (Å²) >= 11 is 1.42. The molecule has 0 aromatic carbocycles. The molecule has 0 amide bonds. The van der Waals surface area contributed by atoms with Crippen molar-refractivity contribution in [2.45, 2.75) is 6.17 Å². The second-order valence-corrected chi connectivity index (χ2v) is 1.82. The van der Waals surface area contributed by atoms with E-state index in [4.69, 9.17) is 5.73 Å². The minimum Gasteiger partial charge on any atom is -0.307 e. The lowest BCUT2D eigenvalue weighted by molar-refractivity contribution is 0.789. The van der Waals surface area contributed by atoms with E-state index in [0.29, 0.717) is 0 Å². The number of nitrogens with zero attached hydrogens (tertiary/aromatic N) is 2. The molecule has 3 nitrogen and oxygen atoms in total. The fraction of sp³-hybridized carbons (Fsp3) is 1.00. The first-order valence-electron chi connectivity index (χ1n) is 1.67. The molecule has 0 spiro atoms. The van der Waals surface area contributed by atoms with Crippen LogP contribution in [0.1, 0.15) is 0 Å². The Labute approximate surface area is 40.1 Å². The summed E-state index contributed by atoms with van der Waals surface area (Å²) < 4.78 is 3.58. The molecule has 0 bridgehead atoms. The summed E-state index contributed by atoms with van der Waals surface area (Å²) in [6.07, 6.45) is -0.0324. The highest BCUT2D eigenvalue weighted by Crippen LogP contribution is 2.12. The zero-order chi connectivity index (χ0) is 4.41. The molecule has 0 saturated carbocycles. The molecule has 1 atom stereocenters. The monoisotopic (exact) mass is 103 g/mol. The van der Waals surface area contributed by atoms with E-state index in [0.717, 1.165) is 5.75 Å². The quantitative estimate of drug-likeness (QED) is 0.451. The van der Waals surface area contributed by atoms with Crippen molar-refractivity contribution in [2.75, 3.05) is 5.75 Å². The van der Waals surface area contributed by atoms with Gasteiger partial charge in [-0.05, 0) is 0 Å². The highest BCUT2D eigenvalue weighted by Gasteiger charge is 2.03. The smallest absolute Gasteiger partial charge is 0.130 e. The van der Waals surface area contributed by atoms with Crippen LogP contribution in [-0.2, 0) is 0 Å². The third-order valence-electron chi connectivity index (χ3n) is 0.498. The van der Waals surface area contributed by atoms with Gasteiger partial charge < -0.3 is 5.73 Å². The summed E-state index contributed by atoms with van der Waals surface area (Å²) in [5, 5.41) is 3.60. The van der Waals surface area contributed by atoms with Crippen molar-refractivity contribution < 1.29 is 0 Å². The highest BCUT2D eigenvalue weighted by molar-refractivity contribution is 7.98. The van der Waals surface area contributed by atoms with Gasteiger partial charge in [0, 0.05) is 11.9 Å². The van der Waals surface area contributed by atoms with Gasteiger partial charge in [-0.2, -0.15) is 5.11 Å². The first-order valence-corrected chi connectivity index (χ1v) is 2.61. The number of hydrogen-bond donors (Lipinski definition) is 1. The lowest BCUT2D eigenvalue weighted by Crippen LogP contribution is -2.15. The second kappa shape index (κ2) is 1.57. The predicted octanol–water partition coefficient (Wildman–Crippen LogP) is 0.385. The van der Waals surface area contributed by atoms with Crippen LogP contribution in [0.25, 0.3) is 0 Å². The molecule has 1 rings (SSSR count). The van der Waals surface area contributed by atoms with Crippen molar-refractivity contribution >= 4 is 11.9 Å². The summed E-state index contributed by atoms with van der Waals surface area (Å²) in [5.74, 6) is 0.847. The summed E-state index contributed by atoms with van der Waals surface area (Å²) in [5.41, 5.74) is 5.25. The molecule has 1 aliphatic heterocycles. The number of rotatable bonds is 0. The molecule has 0 saturated heterocycles. The topological polar surface area (TPSA) is 50.7 Å². The van der Waals surface area contributed by atoms with Gasteiger partial charge in [0.05, 0.1) is 5.75 Å². The third kappa shape index (κ3) is 0.693. The lowest BCUT2D eigenvalue weighted by Gasteiger charge is -1.85. The van der Waals surface area contributed by atoms with Crippen LogP contribution >= 0.6 is 11.9 Å². The minimum absolute atomic E-state index is 0.0324. The maximum absolute atomic E-state index is 5.25. The van der Waals surface area contributed by atoms with Gasteiger partial charge in [-0.15, -0.1) is 4.52 Å². The summed E-state index contributed by atoms with van der Waals surface area (Å²) in [7, 11) is 0. The number of nitrogens with two attached hydrogens (primary N) is 1. The normalized spacial score (nSPS) is 31.8. The van der Waals surface area contributed by atoms with E-state index in [-0.39, 0.29) is 6.17 Å². The van der Waals surface area contributed by atoms with Crippen LogP contribution in [0, 0.1) is 0 Å². The van der Waals surface area contributed by atoms with Crippen LogP contribution in [0.5, 0.6) is 0 Å². The van der Waals surface area contributed by atoms with Crippen molar-refractivity contribution in [3.63, 3.8) is 0 Å². The van der Waals surface area contributed by atoms with Gasteiger partial charge >= 0.3 is 0 Å². The van der Waals surface area contributed by atoms with E-state index in [1.165, 1.54) is 11.9 Å². The van der Waals surface area contributed by atoms with Gasteiger partial charge in [-0.25, -0.2) is 0 Å². The molecule has 4 heteroatoms. The Hall–Kier alpha value is -0.0900. The Bertz CT molecular complexity index is 71.2.